The highest BCUT2D eigenvalue weighted by Crippen LogP contribution is 2.55. The van der Waals surface area contributed by atoms with Gasteiger partial charge < -0.3 is 19.3 Å². The summed E-state index contributed by atoms with van der Waals surface area (Å²) in [5, 5.41) is 9.48. The Morgan fingerprint density at radius 2 is 1.95 bits per heavy atom. The summed E-state index contributed by atoms with van der Waals surface area (Å²) in [5.74, 6) is 0.274. The van der Waals surface area contributed by atoms with Crippen molar-refractivity contribution < 1.29 is 24.1 Å². The minimum Gasteiger partial charge on any atom is -0.496 e. The lowest BCUT2D eigenvalue weighted by atomic mass is 9.92. The fraction of sp³-hybridized carbons (Fsp3) is 0.500. The molecule has 1 aromatic rings. The minimum absolute atomic E-state index is 0.371. The second-order valence-corrected chi connectivity index (χ2v) is 4.66. The van der Waals surface area contributed by atoms with Gasteiger partial charge in [0.15, 0.2) is 0 Å². The summed E-state index contributed by atoms with van der Waals surface area (Å²) in [6, 6.07) is 3.61. The molecular weight excluding hydrogens is 248 g/mol. The standard InChI is InChI=1S/C14H18O5/c1-17-8-9-4-5-10(18-2)11(12(9)19-3)14(6-7-14)13(15)16/h4-5H,6-8H2,1-3H3,(H,15,16). The highest BCUT2D eigenvalue weighted by Gasteiger charge is 2.55. The number of rotatable bonds is 6. The summed E-state index contributed by atoms with van der Waals surface area (Å²) >= 11 is 0. The number of methoxy groups -OCH3 is 3. The molecule has 2 rings (SSSR count). The van der Waals surface area contributed by atoms with Crippen LogP contribution in [-0.2, 0) is 21.6 Å². The number of aliphatic carboxylic acids is 1. The van der Waals surface area contributed by atoms with E-state index >= 15 is 0 Å². The van der Waals surface area contributed by atoms with E-state index in [1.165, 1.54) is 14.2 Å². The summed E-state index contributed by atoms with van der Waals surface area (Å²) in [6.07, 6.45) is 1.21. The number of hydrogen-bond acceptors (Lipinski definition) is 4. The molecule has 0 aromatic heterocycles. The number of carbonyl (C=O) groups is 1. The van der Waals surface area contributed by atoms with Crippen molar-refractivity contribution in [3.05, 3.63) is 23.3 Å². The van der Waals surface area contributed by atoms with E-state index in [0.717, 1.165) is 5.56 Å². The molecular formula is C14H18O5. The van der Waals surface area contributed by atoms with Gasteiger partial charge in [-0.2, -0.15) is 0 Å². The quantitative estimate of drug-likeness (QED) is 0.852. The molecule has 1 aliphatic rings. The summed E-state index contributed by atoms with van der Waals surface area (Å²) < 4.78 is 15.9. The number of benzene rings is 1. The Morgan fingerprint density at radius 1 is 1.26 bits per heavy atom. The van der Waals surface area contributed by atoms with Gasteiger partial charge >= 0.3 is 5.97 Å². The predicted molar refractivity (Wildman–Crippen MR) is 68.8 cm³/mol. The van der Waals surface area contributed by atoms with Gasteiger partial charge in [0.25, 0.3) is 0 Å². The van der Waals surface area contributed by atoms with Gasteiger partial charge in [-0.05, 0) is 25.0 Å². The second kappa shape index (κ2) is 5.09. The van der Waals surface area contributed by atoms with Gasteiger partial charge in [0.05, 0.1) is 26.4 Å². The lowest BCUT2D eigenvalue weighted by Gasteiger charge is -2.21. The predicted octanol–water partition coefficient (Wildman–Crippen LogP) is 1.97. The maximum Gasteiger partial charge on any atom is 0.314 e. The Bertz CT molecular complexity index is 491. The zero-order chi connectivity index (χ0) is 14.0. The summed E-state index contributed by atoms with van der Waals surface area (Å²) in [6.45, 7) is 0.371. The maximum atomic E-state index is 11.5. The van der Waals surface area contributed by atoms with Crippen LogP contribution in [0.2, 0.25) is 0 Å². The van der Waals surface area contributed by atoms with Gasteiger partial charge in [0.2, 0.25) is 0 Å². The molecule has 0 saturated heterocycles. The van der Waals surface area contributed by atoms with Gasteiger partial charge in [-0.3, -0.25) is 4.79 Å². The molecule has 1 N–H and O–H groups in total. The minimum atomic E-state index is -0.875. The van der Waals surface area contributed by atoms with Crippen molar-refractivity contribution in [2.24, 2.45) is 0 Å². The molecule has 1 saturated carbocycles. The van der Waals surface area contributed by atoms with Crippen molar-refractivity contribution in [2.45, 2.75) is 24.9 Å². The van der Waals surface area contributed by atoms with Gasteiger partial charge in [0.1, 0.15) is 16.9 Å². The first-order chi connectivity index (χ1) is 9.10. The number of carboxylic acid groups (broad SMARTS) is 1. The van der Waals surface area contributed by atoms with E-state index in [1.54, 1.807) is 13.2 Å². The number of ether oxygens (including phenoxy) is 3. The topological polar surface area (TPSA) is 65.0 Å². The Kier molecular flexibility index (Phi) is 3.66. The van der Waals surface area contributed by atoms with E-state index < -0.39 is 11.4 Å². The third-order valence-electron chi connectivity index (χ3n) is 3.56. The molecule has 5 heteroatoms. The van der Waals surface area contributed by atoms with E-state index in [-0.39, 0.29) is 0 Å². The van der Waals surface area contributed by atoms with Crippen LogP contribution >= 0.6 is 0 Å². The van der Waals surface area contributed by atoms with Crippen molar-refractivity contribution in [3.8, 4) is 11.5 Å². The lowest BCUT2D eigenvalue weighted by Crippen LogP contribution is -2.22. The Balaban J connectivity index is 2.61. The van der Waals surface area contributed by atoms with Crippen LogP contribution in [0.1, 0.15) is 24.0 Å². The van der Waals surface area contributed by atoms with Crippen LogP contribution in [0, 0.1) is 0 Å². The lowest BCUT2D eigenvalue weighted by molar-refractivity contribution is -0.140. The molecule has 5 nitrogen and oxygen atoms in total. The molecule has 19 heavy (non-hydrogen) atoms. The second-order valence-electron chi connectivity index (χ2n) is 4.66. The fourth-order valence-electron chi connectivity index (χ4n) is 2.43. The summed E-state index contributed by atoms with van der Waals surface area (Å²) in [5.41, 5.74) is 0.577. The highest BCUT2D eigenvalue weighted by atomic mass is 16.5. The van der Waals surface area contributed by atoms with E-state index in [0.29, 0.717) is 36.5 Å². The Morgan fingerprint density at radius 3 is 2.37 bits per heavy atom. The molecule has 0 heterocycles. The molecule has 0 spiro atoms. The molecule has 0 aliphatic heterocycles. The van der Waals surface area contributed by atoms with E-state index in [2.05, 4.69) is 0 Å². The summed E-state index contributed by atoms with van der Waals surface area (Å²) in [7, 11) is 4.66. The van der Waals surface area contributed by atoms with Crippen molar-refractivity contribution >= 4 is 5.97 Å². The third-order valence-corrected chi connectivity index (χ3v) is 3.56. The zero-order valence-electron chi connectivity index (χ0n) is 11.4. The fourth-order valence-corrected chi connectivity index (χ4v) is 2.43. The third kappa shape index (κ3) is 2.14. The molecule has 0 radical (unpaired) electrons. The van der Waals surface area contributed by atoms with Crippen molar-refractivity contribution in [1.29, 1.82) is 0 Å². The zero-order valence-corrected chi connectivity index (χ0v) is 11.4. The molecule has 104 valence electrons. The highest BCUT2D eigenvalue weighted by molar-refractivity contribution is 5.87. The monoisotopic (exact) mass is 266 g/mol. The molecule has 1 aliphatic carbocycles. The number of carboxylic acids is 1. The van der Waals surface area contributed by atoms with Crippen LogP contribution < -0.4 is 9.47 Å². The first kappa shape index (κ1) is 13.7. The smallest absolute Gasteiger partial charge is 0.314 e. The van der Waals surface area contributed by atoms with Crippen LogP contribution in [0.3, 0.4) is 0 Å². The largest absolute Gasteiger partial charge is 0.496 e. The van der Waals surface area contributed by atoms with Crippen molar-refractivity contribution in [1.82, 2.24) is 0 Å². The summed E-state index contributed by atoms with van der Waals surface area (Å²) in [4.78, 5) is 11.5. The maximum absolute atomic E-state index is 11.5. The van der Waals surface area contributed by atoms with Crippen LogP contribution in [0.4, 0.5) is 0 Å². The van der Waals surface area contributed by atoms with Gasteiger partial charge in [-0.1, -0.05) is 0 Å². The first-order valence-corrected chi connectivity index (χ1v) is 6.07. The number of hydrogen-bond donors (Lipinski definition) is 1. The van der Waals surface area contributed by atoms with Crippen LogP contribution in [0.5, 0.6) is 11.5 Å². The molecule has 1 fully saturated rings. The van der Waals surface area contributed by atoms with Gasteiger partial charge in [0, 0.05) is 12.7 Å². The molecule has 0 atom stereocenters. The SMILES string of the molecule is COCc1ccc(OC)c(C2(C(=O)O)CC2)c1OC. The average molecular weight is 266 g/mol. The Hall–Kier alpha value is -1.75. The van der Waals surface area contributed by atoms with Crippen LogP contribution in [0.25, 0.3) is 0 Å². The van der Waals surface area contributed by atoms with E-state index in [9.17, 15) is 9.90 Å². The molecule has 0 amide bonds. The van der Waals surface area contributed by atoms with E-state index in [1.807, 2.05) is 6.07 Å². The van der Waals surface area contributed by atoms with Gasteiger partial charge in [-0.25, -0.2) is 0 Å². The first-order valence-electron chi connectivity index (χ1n) is 6.07. The average Bonchev–Trinajstić information content (AvgIpc) is 3.19. The van der Waals surface area contributed by atoms with E-state index in [4.69, 9.17) is 14.2 Å². The van der Waals surface area contributed by atoms with Crippen LogP contribution in [-0.4, -0.2) is 32.4 Å². The van der Waals surface area contributed by atoms with Crippen molar-refractivity contribution in [2.75, 3.05) is 21.3 Å². The molecule has 1 aromatic carbocycles. The normalized spacial score (nSPS) is 15.9. The van der Waals surface area contributed by atoms with Crippen molar-refractivity contribution in [3.63, 3.8) is 0 Å². The molecule has 0 bridgehead atoms. The Labute approximate surface area is 112 Å². The van der Waals surface area contributed by atoms with Gasteiger partial charge in [-0.15, -0.1) is 0 Å². The molecule has 0 unspecified atom stereocenters. The van der Waals surface area contributed by atoms with Crippen LogP contribution in [0.15, 0.2) is 12.1 Å².